The fourth-order valence-corrected chi connectivity index (χ4v) is 3.04. The van der Waals surface area contributed by atoms with Gasteiger partial charge < -0.3 is 10.2 Å². The predicted octanol–water partition coefficient (Wildman–Crippen LogP) is 3.68. The number of aromatic carboxylic acids is 1. The Balaban J connectivity index is 2.21. The molecule has 0 spiro atoms. The number of hydrogen-bond acceptors (Lipinski definition) is 4. The zero-order chi connectivity index (χ0) is 14.3. The number of carboxylic acid groups (broad SMARTS) is 1. The third-order valence-corrected chi connectivity index (χ3v) is 4.26. The number of aromatic nitrogens is 1. The van der Waals surface area contributed by atoms with Crippen LogP contribution >= 0.6 is 11.3 Å². The summed E-state index contributed by atoms with van der Waals surface area (Å²) < 4.78 is 0. The normalized spacial score (nSPS) is 10.8. The summed E-state index contributed by atoms with van der Waals surface area (Å²) in [6.45, 7) is 1.65. The Hall–Kier alpha value is -2.40. The molecule has 100 valence electrons. The summed E-state index contributed by atoms with van der Waals surface area (Å²) in [6.07, 6.45) is 0. The molecule has 0 saturated carbocycles. The maximum atomic E-state index is 11.1. The van der Waals surface area contributed by atoms with Crippen LogP contribution in [0.2, 0.25) is 0 Å². The Morgan fingerprint density at radius 3 is 2.45 bits per heavy atom. The van der Waals surface area contributed by atoms with Crippen molar-refractivity contribution in [1.82, 2.24) is 4.98 Å². The van der Waals surface area contributed by atoms with Gasteiger partial charge in [-0.2, -0.15) is 0 Å². The molecule has 1 heterocycles. The van der Waals surface area contributed by atoms with Crippen molar-refractivity contribution in [2.45, 2.75) is 6.92 Å². The van der Waals surface area contributed by atoms with Gasteiger partial charge in [0.1, 0.15) is 15.6 Å². The van der Waals surface area contributed by atoms with Gasteiger partial charge in [0.05, 0.1) is 11.3 Å². The lowest BCUT2D eigenvalue weighted by atomic mass is 10.1. The Kier molecular flexibility index (Phi) is 2.91. The van der Waals surface area contributed by atoms with E-state index in [1.807, 2.05) is 30.3 Å². The van der Waals surface area contributed by atoms with E-state index in [1.165, 1.54) is 0 Å². The number of phenolic OH excluding ortho intramolecular Hbond substituents is 1. The van der Waals surface area contributed by atoms with E-state index < -0.39 is 5.97 Å². The number of thiazole rings is 1. The van der Waals surface area contributed by atoms with Gasteiger partial charge in [0.2, 0.25) is 0 Å². The first-order valence-corrected chi connectivity index (χ1v) is 6.81. The van der Waals surface area contributed by atoms with Crippen molar-refractivity contribution in [2.75, 3.05) is 0 Å². The first-order chi connectivity index (χ1) is 9.56. The van der Waals surface area contributed by atoms with E-state index in [0.717, 1.165) is 22.1 Å². The molecule has 4 nitrogen and oxygen atoms in total. The zero-order valence-corrected chi connectivity index (χ0v) is 11.4. The van der Waals surface area contributed by atoms with Crippen LogP contribution in [0.15, 0.2) is 36.4 Å². The molecule has 0 aliphatic rings. The van der Waals surface area contributed by atoms with Gasteiger partial charge >= 0.3 is 5.97 Å². The summed E-state index contributed by atoms with van der Waals surface area (Å²) in [5, 5.41) is 21.6. The van der Waals surface area contributed by atoms with Gasteiger partial charge in [0.25, 0.3) is 0 Å². The second-order valence-corrected chi connectivity index (χ2v) is 5.45. The van der Waals surface area contributed by atoms with E-state index in [4.69, 9.17) is 5.11 Å². The summed E-state index contributed by atoms with van der Waals surface area (Å²) in [6, 6.07) is 11.2. The van der Waals surface area contributed by atoms with Gasteiger partial charge in [-0.25, -0.2) is 9.78 Å². The minimum atomic E-state index is -0.994. The molecule has 1 aromatic heterocycles. The van der Waals surface area contributed by atoms with Crippen molar-refractivity contribution in [3.63, 3.8) is 0 Å². The van der Waals surface area contributed by atoms with Crippen molar-refractivity contribution >= 4 is 28.1 Å². The molecule has 20 heavy (non-hydrogen) atoms. The largest absolute Gasteiger partial charge is 0.507 e. The fourth-order valence-electron chi connectivity index (χ4n) is 2.11. The summed E-state index contributed by atoms with van der Waals surface area (Å²) in [5.41, 5.74) is 1.02. The average molecular weight is 285 g/mol. The molecule has 0 amide bonds. The molecule has 0 unspecified atom stereocenters. The van der Waals surface area contributed by atoms with Gasteiger partial charge in [-0.3, -0.25) is 0 Å². The van der Waals surface area contributed by atoms with Crippen molar-refractivity contribution in [3.05, 3.63) is 47.0 Å². The van der Waals surface area contributed by atoms with Crippen LogP contribution in [0.1, 0.15) is 15.4 Å². The van der Waals surface area contributed by atoms with Crippen LogP contribution in [0, 0.1) is 6.92 Å². The number of phenols is 1. The molecule has 0 saturated heterocycles. The minimum absolute atomic E-state index is 0.106. The topological polar surface area (TPSA) is 70.4 Å². The lowest BCUT2D eigenvalue weighted by Gasteiger charge is -2.04. The summed E-state index contributed by atoms with van der Waals surface area (Å²) in [5.74, 6) is -0.888. The Labute approximate surface area is 119 Å². The maximum absolute atomic E-state index is 11.1. The monoisotopic (exact) mass is 285 g/mol. The number of fused-ring (bicyclic) bond motifs is 1. The maximum Gasteiger partial charge on any atom is 0.347 e. The summed E-state index contributed by atoms with van der Waals surface area (Å²) >= 11 is 1.07. The number of hydrogen-bond donors (Lipinski definition) is 2. The highest BCUT2D eigenvalue weighted by Crippen LogP contribution is 2.36. The summed E-state index contributed by atoms with van der Waals surface area (Å²) in [7, 11) is 0. The predicted molar refractivity (Wildman–Crippen MR) is 78.4 cm³/mol. The Morgan fingerprint density at radius 1 is 1.20 bits per heavy atom. The first kappa shape index (κ1) is 12.6. The van der Waals surface area contributed by atoms with Gasteiger partial charge in [-0.15, -0.1) is 11.3 Å². The lowest BCUT2D eigenvalue weighted by Crippen LogP contribution is -1.94. The van der Waals surface area contributed by atoms with Crippen LogP contribution in [-0.2, 0) is 0 Å². The van der Waals surface area contributed by atoms with E-state index in [1.54, 1.807) is 13.0 Å². The first-order valence-electron chi connectivity index (χ1n) is 5.99. The lowest BCUT2D eigenvalue weighted by molar-refractivity contribution is 0.0701. The van der Waals surface area contributed by atoms with E-state index in [9.17, 15) is 9.90 Å². The molecule has 0 aliphatic carbocycles. The molecular weight excluding hydrogens is 274 g/mol. The molecule has 5 heteroatoms. The van der Waals surface area contributed by atoms with Gasteiger partial charge in [-0.1, -0.05) is 24.3 Å². The van der Waals surface area contributed by atoms with Crippen LogP contribution < -0.4 is 0 Å². The number of carbonyl (C=O) groups is 1. The smallest absolute Gasteiger partial charge is 0.347 e. The number of aromatic hydroxyl groups is 1. The molecule has 3 aromatic rings. The molecule has 0 bridgehead atoms. The Bertz CT molecular complexity index is 823. The van der Waals surface area contributed by atoms with Gasteiger partial charge in [0, 0.05) is 0 Å². The second kappa shape index (κ2) is 4.61. The quantitative estimate of drug-likeness (QED) is 0.753. The third kappa shape index (κ3) is 2.02. The third-order valence-electron chi connectivity index (χ3n) is 3.09. The van der Waals surface area contributed by atoms with E-state index >= 15 is 0 Å². The molecular formula is C15H11NO3S. The molecule has 0 atom stereocenters. The standard InChI is InChI=1S/C15H11NO3S/c1-8-13(15(18)19)20-14(16-8)11-6-9-4-2-3-5-10(9)7-12(11)17/h2-7,17H,1H3,(H,18,19). The molecule has 2 aromatic carbocycles. The van der Waals surface area contributed by atoms with Gasteiger partial charge in [-0.05, 0) is 29.8 Å². The molecule has 3 rings (SSSR count). The van der Waals surface area contributed by atoms with Crippen molar-refractivity contribution in [3.8, 4) is 16.3 Å². The van der Waals surface area contributed by atoms with Crippen molar-refractivity contribution < 1.29 is 15.0 Å². The van der Waals surface area contributed by atoms with Crippen LogP contribution in [0.25, 0.3) is 21.3 Å². The van der Waals surface area contributed by atoms with Crippen LogP contribution in [-0.4, -0.2) is 21.2 Å². The second-order valence-electron chi connectivity index (χ2n) is 4.46. The summed E-state index contributed by atoms with van der Waals surface area (Å²) in [4.78, 5) is 15.5. The van der Waals surface area contributed by atoms with E-state index in [2.05, 4.69) is 4.98 Å². The Morgan fingerprint density at radius 2 is 1.85 bits per heavy atom. The number of carboxylic acids is 1. The van der Waals surface area contributed by atoms with Crippen LogP contribution in [0.4, 0.5) is 0 Å². The van der Waals surface area contributed by atoms with Crippen molar-refractivity contribution in [2.24, 2.45) is 0 Å². The minimum Gasteiger partial charge on any atom is -0.507 e. The average Bonchev–Trinajstić information content (AvgIpc) is 2.80. The number of benzene rings is 2. The van der Waals surface area contributed by atoms with Crippen LogP contribution in [0.3, 0.4) is 0 Å². The van der Waals surface area contributed by atoms with Crippen LogP contribution in [0.5, 0.6) is 5.75 Å². The number of rotatable bonds is 2. The fraction of sp³-hybridized carbons (Fsp3) is 0.0667. The highest BCUT2D eigenvalue weighted by atomic mass is 32.1. The highest BCUT2D eigenvalue weighted by Gasteiger charge is 2.17. The molecule has 0 fully saturated rings. The van der Waals surface area contributed by atoms with Gasteiger partial charge in [0.15, 0.2) is 0 Å². The van der Waals surface area contributed by atoms with Crippen molar-refractivity contribution in [1.29, 1.82) is 0 Å². The zero-order valence-electron chi connectivity index (χ0n) is 10.6. The molecule has 0 aliphatic heterocycles. The molecule has 0 radical (unpaired) electrons. The number of aryl methyl sites for hydroxylation is 1. The van der Waals surface area contributed by atoms with E-state index in [0.29, 0.717) is 16.3 Å². The molecule has 2 N–H and O–H groups in total. The number of nitrogens with zero attached hydrogens (tertiary/aromatic N) is 1. The van der Waals surface area contributed by atoms with E-state index in [-0.39, 0.29) is 10.6 Å². The highest BCUT2D eigenvalue weighted by molar-refractivity contribution is 7.17. The SMILES string of the molecule is Cc1nc(-c2cc3ccccc3cc2O)sc1C(=O)O.